The number of nitrogens with zero attached hydrogens (tertiary/aromatic N) is 4. The first kappa shape index (κ1) is 18.4. The standard InChI is InChI=1S/C18H14N4O4S/c1-11-7-8-15(17(20-11)22(24)25)26-10-14(23)12(9-19)18-21(2)13-5-3-4-6-16(13)27-18/h3-8H,10H2,1-2H3. The summed E-state index contributed by atoms with van der Waals surface area (Å²) in [5, 5.41) is 21.1. The molecule has 136 valence electrons. The van der Waals surface area contributed by atoms with Gasteiger partial charge in [0.1, 0.15) is 22.4 Å². The number of hydrogen-bond donors (Lipinski definition) is 0. The molecule has 0 N–H and O–H groups in total. The van der Waals surface area contributed by atoms with E-state index in [9.17, 15) is 20.2 Å². The van der Waals surface area contributed by atoms with E-state index in [2.05, 4.69) is 4.98 Å². The van der Waals surface area contributed by atoms with Gasteiger partial charge in [-0.3, -0.25) is 4.79 Å². The van der Waals surface area contributed by atoms with Crippen LogP contribution in [-0.4, -0.2) is 29.3 Å². The number of carbonyl (C=O) groups excluding carboxylic acids is 1. The molecule has 27 heavy (non-hydrogen) atoms. The Kier molecular flexibility index (Phi) is 5.09. The molecule has 9 heteroatoms. The van der Waals surface area contributed by atoms with Crippen LogP contribution in [0, 0.1) is 28.4 Å². The predicted octanol–water partition coefficient (Wildman–Crippen LogP) is 3.22. The monoisotopic (exact) mass is 382 g/mol. The number of thioether (sulfide) groups is 1. The zero-order valence-corrected chi connectivity index (χ0v) is 15.3. The Labute approximate surface area is 159 Å². The Morgan fingerprint density at radius 2 is 2.11 bits per heavy atom. The number of Topliss-reactive ketones (excluding diaryl/α,β-unsaturated/α-hetero) is 1. The van der Waals surface area contributed by atoms with Gasteiger partial charge in [0, 0.05) is 18.9 Å². The van der Waals surface area contributed by atoms with Crippen LogP contribution in [0.25, 0.3) is 0 Å². The normalized spacial score (nSPS) is 14.3. The Morgan fingerprint density at radius 3 is 2.78 bits per heavy atom. The van der Waals surface area contributed by atoms with Crippen molar-refractivity contribution in [3.63, 3.8) is 0 Å². The molecule has 0 amide bonds. The van der Waals surface area contributed by atoms with Gasteiger partial charge in [-0.2, -0.15) is 5.26 Å². The maximum Gasteiger partial charge on any atom is 0.406 e. The largest absolute Gasteiger partial charge is 0.477 e. The van der Waals surface area contributed by atoms with Crippen LogP contribution in [0.15, 0.2) is 51.9 Å². The van der Waals surface area contributed by atoms with Gasteiger partial charge in [-0.15, -0.1) is 0 Å². The van der Waals surface area contributed by atoms with E-state index >= 15 is 0 Å². The highest BCUT2D eigenvalue weighted by atomic mass is 32.2. The van der Waals surface area contributed by atoms with Gasteiger partial charge < -0.3 is 19.8 Å². The van der Waals surface area contributed by atoms with E-state index in [4.69, 9.17) is 4.74 Å². The number of ether oxygens (including phenoxy) is 1. The van der Waals surface area contributed by atoms with Gasteiger partial charge in [-0.1, -0.05) is 23.9 Å². The molecule has 0 radical (unpaired) electrons. The summed E-state index contributed by atoms with van der Waals surface area (Å²) in [5.74, 6) is -1.14. The lowest BCUT2D eigenvalue weighted by molar-refractivity contribution is -0.390. The minimum atomic E-state index is -0.673. The molecule has 0 unspecified atom stereocenters. The maximum absolute atomic E-state index is 12.5. The topological polar surface area (TPSA) is 109 Å². The lowest BCUT2D eigenvalue weighted by Crippen LogP contribution is -2.19. The molecular formula is C18H14N4O4S. The molecule has 0 bridgehead atoms. The Morgan fingerprint density at radius 1 is 1.37 bits per heavy atom. The number of anilines is 1. The van der Waals surface area contributed by atoms with Crippen molar-refractivity contribution in [2.24, 2.45) is 0 Å². The molecule has 0 fully saturated rings. The minimum Gasteiger partial charge on any atom is -0.477 e. The molecule has 0 aliphatic carbocycles. The number of nitro groups is 1. The van der Waals surface area contributed by atoms with E-state index in [1.165, 1.54) is 17.8 Å². The van der Waals surface area contributed by atoms with Crippen molar-refractivity contribution < 1.29 is 14.5 Å². The number of carbonyl (C=O) groups is 1. The first-order valence-corrected chi connectivity index (χ1v) is 8.67. The van der Waals surface area contributed by atoms with Crippen molar-refractivity contribution in [3.05, 3.63) is 62.8 Å². The van der Waals surface area contributed by atoms with E-state index in [1.807, 2.05) is 30.3 Å². The lowest BCUT2D eigenvalue weighted by Gasteiger charge is -2.14. The number of ketones is 1. The van der Waals surface area contributed by atoms with Crippen molar-refractivity contribution in [2.45, 2.75) is 11.8 Å². The second-order valence-electron chi connectivity index (χ2n) is 5.66. The second kappa shape index (κ2) is 7.47. The fraction of sp³-hybridized carbons (Fsp3) is 0.167. The molecule has 3 rings (SSSR count). The minimum absolute atomic E-state index is 0.0542. The van der Waals surface area contributed by atoms with E-state index < -0.39 is 23.1 Å². The highest BCUT2D eigenvalue weighted by Crippen LogP contribution is 2.46. The first-order valence-electron chi connectivity index (χ1n) is 7.85. The summed E-state index contributed by atoms with van der Waals surface area (Å²) >= 11 is 1.32. The molecule has 0 saturated carbocycles. The zero-order chi connectivity index (χ0) is 19.6. The second-order valence-corrected chi connectivity index (χ2v) is 6.69. The third-order valence-electron chi connectivity index (χ3n) is 3.85. The van der Waals surface area contributed by atoms with Crippen LogP contribution in [0.1, 0.15) is 5.69 Å². The van der Waals surface area contributed by atoms with Gasteiger partial charge in [0.2, 0.25) is 11.5 Å². The number of rotatable bonds is 5. The summed E-state index contributed by atoms with van der Waals surface area (Å²) in [6.07, 6.45) is 0. The molecule has 0 spiro atoms. The molecular weight excluding hydrogens is 368 g/mol. The number of fused-ring (bicyclic) bond motifs is 1. The van der Waals surface area contributed by atoms with Gasteiger partial charge in [-0.25, -0.2) is 0 Å². The molecule has 1 aromatic carbocycles. The fourth-order valence-corrected chi connectivity index (χ4v) is 3.70. The highest BCUT2D eigenvalue weighted by molar-refractivity contribution is 8.03. The molecule has 1 aliphatic heterocycles. The molecule has 1 aromatic heterocycles. The summed E-state index contributed by atoms with van der Waals surface area (Å²) in [6.45, 7) is 1.12. The van der Waals surface area contributed by atoms with Gasteiger partial charge >= 0.3 is 5.82 Å². The van der Waals surface area contributed by atoms with Crippen molar-refractivity contribution in [3.8, 4) is 11.8 Å². The van der Waals surface area contributed by atoms with Crippen LogP contribution in [0.2, 0.25) is 0 Å². The molecule has 1 aliphatic rings. The maximum atomic E-state index is 12.5. The number of aryl methyl sites for hydroxylation is 1. The highest BCUT2D eigenvalue weighted by Gasteiger charge is 2.28. The first-order chi connectivity index (χ1) is 12.9. The lowest BCUT2D eigenvalue weighted by atomic mass is 10.2. The van der Waals surface area contributed by atoms with E-state index in [0.717, 1.165) is 10.6 Å². The SMILES string of the molecule is Cc1ccc(OCC(=O)C(C#N)=C2Sc3ccccc3N2C)c([N+](=O)[O-])n1. The van der Waals surface area contributed by atoms with Crippen molar-refractivity contribution in [1.29, 1.82) is 5.26 Å². The molecule has 0 saturated heterocycles. The predicted molar refractivity (Wildman–Crippen MR) is 99.5 cm³/mol. The van der Waals surface area contributed by atoms with E-state index in [1.54, 1.807) is 24.9 Å². The van der Waals surface area contributed by atoms with Gasteiger partial charge in [0.05, 0.1) is 5.69 Å². The quantitative estimate of drug-likeness (QED) is 0.335. The average Bonchev–Trinajstić information content (AvgIpc) is 2.98. The number of nitriles is 1. The smallest absolute Gasteiger partial charge is 0.406 e. The van der Waals surface area contributed by atoms with Gasteiger partial charge in [-0.05, 0) is 34.2 Å². The van der Waals surface area contributed by atoms with E-state index in [-0.39, 0.29) is 11.3 Å². The van der Waals surface area contributed by atoms with E-state index in [0.29, 0.717) is 10.7 Å². The Hall–Kier alpha value is -3.38. The van der Waals surface area contributed by atoms with Crippen molar-refractivity contribution >= 4 is 29.1 Å². The van der Waals surface area contributed by atoms with Crippen molar-refractivity contribution in [1.82, 2.24) is 4.98 Å². The molecule has 2 heterocycles. The van der Waals surface area contributed by atoms with Gasteiger partial charge in [0.15, 0.2) is 6.61 Å². The zero-order valence-electron chi connectivity index (χ0n) is 14.5. The van der Waals surface area contributed by atoms with Gasteiger partial charge in [0.25, 0.3) is 0 Å². The summed E-state index contributed by atoms with van der Waals surface area (Å²) in [7, 11) is 1.77. The number of pyridine rings is 1. The van der Waals surface area contributed by atoms with Crippen LogP contribution in [0.3, 0.4) is 0 Å². The van der Waals surface area contributed by atoms with Crippen LogP contribution in [-0.2, 0) is 4.79 Å². The number of hydrogen-bond acceptors (Lipinski definition) is 8. The number of aromatic nitrogens is 1. The Bertz CT molecular complexity index is 1010. The van der Waals surface area contributed by atoms with Crippen LogP contribution in [0.4, 0.5) is 11.5 Å². The van der Waals surface area contributed by atoms with Crippen LogP contribution in [0.5, 0.6) is 5.75 Å². The molecule has 0 atom stereocenters. The average molecular weight is 382 g/mol. The number of benzene rings is 1. The summed E-state index contributed by atoms with van der Waals surface area (Å²) < 4.78 is 5.30. The third-order valence-corrected chi connectivity index (χ3v) is 5.09. The third kappa shape index (κ3) is 3.61. The Balaban J connectivity index is 1.82. The van der Waals surface area contributed by atoms with Crippen molar-refractivity contribution in [2.75, 3.05) is 18.6 Å². The molecule has 8 nitrogen and oxygen atoms in total. The summed E-state index contributed by atoms with van der Waals surface area (Å²) in [5.41, 5.74) is 1.31. The fourth-order valence-electron chi connectivity index (χ4n) is 2.54. The number of para-hydroxylation sites is 1. The molecule has 2 aromatic rings. The summed E-state index contributed by atoms with van der Waals surface area (Å²) in [6, 6.07) is 12.4. The summed E-state index contributed by atoms with van der Waals surface area (Å²) in [4.78, 5) is 29.5. The van der Waals surface area contributed by atoms with Crippen LogP contribution >= 0.6 is 11.8 Å². The van der Waals surface area contributed by atoms with Crippen LogP contribution < -0.4 is 9.64 Å².